The van der Waals surface area contributed by atoms with E-state index < -0.39 is 5.97 Å². The second-order valence-corrected chi connectivity index (χ2v) is 10.1. The third kappa shape index (κ3) is 7.34. The van der Waals surface area contributed by atoms with Gasteiger partial charge in [0.15, 0.2) is 6.20 Å². The smallest absolute Gasteiger partial charge is 0.303 e. The van der Waals surface area contributed by atoms with Crippen LogP contribution in [-0.4, -0.2) is 18.1 Å². The molecule has 1 aliphatic rings. The average Bonchev–Trinajstić information content (AvgIpc) is 3.16. The molecule has 35 heavy (non-hydrogen) atoms. The quantitative estimate of drug-likeness (QED) is 0.268. The number of nitrogens with zero attached hydrogens (tertiary/aromatic N) is 2. The minimum absolute atomic E-state index is 0. The maximum absolute atomic E-state index is 10.5. The number of thioether (sulfide) groups is 1. The highest BCUT2D eigenvalue weighted by atomic mass is 79.9. The highest BCUT2D eigenvalue weighted by molar-refractivity contribution is 8.03. The summed E-state index contributed by atoms with van der Waals surface area (Å²) in [5.74, 6) is -0.676. The number of aryl methyl sites for hydroxylation is 1. The minimum atomic E-state index is -0.676. The number of rotatable bonds is 12. The van der Waals surface area contributed by atoms with E-state index in [-0.39, 0.29) is 17.0 Å². The van der Waals surface area contributed by atoms with Crippen molar-refractivity contribution in [3.63, 3.8) is 0 Å². The molecule has 0 radical (unpaired) electrons. The van der Waals surface area contributed by atoms with Crippen LogP contribution in [0.1, 0.15) is 63.4 Å². The summed E-state index contributed by atoms with van der Waals surface area (Å²) in [5.41, 5.74) is 3.82. The molecule has 4 nitrogen and oxygen atoms in total. The molecule has 0 spiro atoms. The lowest BCUT2D eigenvalue weighted by molar-refractivity contribution is -0.671. The van der Waals surface area contributed by atoms with Gasteiger partial charge in [0.25, 0.3) is 0 Å². The van der Waals surface area contributed by atoms with Gasteiger partial charge in [-0.1, -0.05) is 68.1 Å². The van der Waals surface area contributed by atoms with Crippen LogP contribution in [0.5, 0.6) is 0 Å². The Bertz CT molecular complexity index is 1160. The second kappa shape index (κ2) is 13.7. The summed E-state index contributed by atoms with van der Waals surface area (Å²) >= 11 is 1.83. The van der Waals surface area contributed by atoms with Gasteiger partial charge >= 0.3 is 5.97 Å². The molecule has 0 amide bonds. The van der Waals surface area contributed by atoms with E-state index >= 15 is 0 Å². The van der Waals surface area contributed by atoms with Crippen LogP contribution in [0, 0.1) is 0 Å². The van der Waals surface area contributed by atoms with E-state index in [1.165, 1.54) is 64.2 Å². The van der Waals surface area contributed by atoms with Crippen LogP contribution in [0.3, 0.4) is 0 Å². The first-order chi connectivity index (χ1) is 16.6. The Morgan fingerprint density at radius 1 is 0.914 bits per heavy atom. The summed E-state index contributed by atoms with van der Waals surface area (Å²) in [5, 5.41) is 11.2. The predicted molar refractivity (Wildman–Crippen MR) is 142 cm³/mol. The van der Waals surface area contributed by atoms with Crippen molar-refractivity contribution < 1.29 is 31.4 Å². The molecule has 1 aliphatic heterocycles. The van der Waals surface area contributed by atoms with Crippen molar-refractivity contribution in [3.8, 4) is 0 Å². The van der Waals surface area contributed by atoms with Gasteiger partial charge in [-0.2, -0.15) is 4.57 Å². The number of aliphatic carboxylic acids is 1. The van der Waals surface area contributed by atoms with Crippen LogP contribution >= 0.6 is 11.8 Å². The Morgan fingerprint density at radius 3 is 2.31 bits per heavy atom. The van der Waals surface area contributed by atoms with Crippen LogP contribution in [-0.2, 0) is 11.3 Å². The highest BCUT2D eigenvalue weighted by Crippen LogP contribution is 2.45. The Balaban J connectivity index is 0.00000342. The van der Waals surface area contributed by atoms with Crippen LogP contribution in [0.4, 0.5) is 5.69 Å². The second-order valence-electron chi connectivity index (χ2n) is 9.07. The monoisotopic (exact) mass is 554 g/mol. The number of para-hydroxylation sites is 2. The van der Waals surface area contributed by atoms with Gasteiger partial charge in [-0.15, -0.1) is 0 Å². The molecule has 4 rings (SSSR count). The maximum atomic E-state index is 10.5. The van der Waals surface area contributed by atoms with Crippen LogP contribution in [0.2, 0.25) is 0 Å². The van der Waals surface area contributed by atoms with E-state index in [2.05, 4.69) is 83.4 Å². The Kier molecular flexibility index (Phi) is 10.7. The number of carboxylic acids is 1. The molecule has 2 aromatic carbocycles. The first-order valence-corrected chi connectivity index (χ1v) is 13.3. The lowest BCUT2D eigenvalue weighted by atomic mass is 10.1. The van der Waals surface area contributed by atoms with Crippen molar-refractivity contribution >= 4 is 40.4 Å². The molecule has 3 aromatic rings. The molecule has 0 bridgehead atoms. The number of pyridine rings is 1. The van der Waals surface area contributed by atoms with E-state index in [0.717, 1.165) is 25.8 Å². The van der Waals surface area contributed by atoms with Crippen LogP contribution in [0.15, 0.2) is 70.7 Å². The van der Waals surface area contributed by atoms with Gasteiger partial charge in [0, 0.05) is 36.9 Å². The fourth-order valence-corrected chi connectivity index (χ4v) is 5.73. The van der Waals surface area contributed by atoms with Gasteiger partial charge < -0.3 is 27.0 Å². The fraction of sp³-hybridized carbons (Fsp3) is 0.379. The normalized spacial score (nSPS) is 13.7. The third-order valence-electron chi connectivity index (χ3n) is 6.55. The molecule has 0 saturated carbocycles. The SMILES string of the molecule is CN1/C(=C\c2cc[n+](CCCCCCCCCCC(=O)O)c3ccccc23)Sc2ccccc21.[Br-]. The van der Waals surface area contributed by atoms with E-state index in [0.29, 0.717) is 6.42 Å². The summed E-state index contributed by atoms with van der Waals surface area (Å²) in [4.78, 5) is 14.1. The van der Waals surface area contributed by atoms with E-state index in [4.69, 9.17) is 5.11 Å². The molecule has 0 unspecified atom stereocenters. The molecule has 1 N–H and O–H groups in total. The lowest BCUT2D eigenvalue weighted by Crippen LogP contribution is -3.00. The predicted octanol–water partition coefficient (Wildman–Crippen LogP) is 4.27. The molecule has 6 heteroatoms. The first-order valence-electron chi connectivity index (χ1n) is 12.5. The van der Waals surface area contributed by atoms with E-state index in [1.807, 2.05) is 11.8 Å². The molecule has 1 aromatic heterocycles. The number of carbonyl (C=O) groups is 1. The number of fused-ring (bicyclic) bond motifs is 2. The molecule has 0 fully saturated rings. The number of halogens is 1. The molecule has 0 saturated heterocycles. The van der Waals surface area contributed by atoms with Crippen molar-refractivity contribution in [1.29, 1.82) is 0 Å². The topological polar surface area (TPSA) is 44.4 Å². The number of benzene rings is 2. The fourth-order valence-electron chi connectivity index (χ4n) is 4.63. The van der Waals surface area contributed by atoms with Crippen LogP contribution < -0.4 is 26.4 Å². The number of hydrogen-bond donors (Lipinski definition) is 1. The van der Waals surface area contributed by atoms with E-state index in [9.17, 15) is 4.79 Å². The van der Waals surface area contributed by atoms with E-state index in [1.54, 1.807) is 0 Å². The Hall–Kier alpha value is -2.31. The number of anilines is 1. The summed E-state index contributed by atoms with van der Waals surface area (Å²) < 4.78 is 2.39. The van der Waals surface area contributed by atoms with Crippen molar-refractivity contribution in [2.75, 3.05) is 11.9 Å². The average molecular weight is 556 g/mol. The molecular formula is C29H35BrN2O2S. The van der Waals surface area contributed by atoms with Crippen molar-refractivity contribution in [3.05, 3.63) is 71.4 Å². The molecule has 186 valence electrons. The zero-order valence-corrected chi connectivity index (χ0v) is 22.9. The first kappa shape index (κ1) is 27.3. The lowest BCUT2D eigenvalue weighted by Gasteiger charge is -2.13. The van der Waals surface area contributed by atoms with Gasteiger partial charge in [0.05, 0.1) is 16.1 Å². The van der Waals surface area contributed by atoms with Crippen molar-refractivity contribution in [2.45, 2.75) is 69.2 Å². The largest absolute Gasteiger partial charge is 1.00 e. The summed E-state index contributed by atoms with van der Waals surface area (Å²) in [6.07, 6.45) is 14.0. The zero-order valence-electron chi connectivity index (χ0n) is 20.5. The van der Waals surface area contributed by atoms with Gasteiger partial charge in [-0.05, 0) is 42.7 Å². The minimum Gasteiger partial charge on any atom is -1.00 e. The van der Waals surface area contributed by atoms with Crippen molar-refractivity contribution in [1.82, 2.24) is 0 Å². The molecular weight excluding hydrogens is 520 g/mol. The van der Waals surface area contributed by atoms with Gasteiger partial charge in [0.2, 0.25) is 5.52 Å². The Labute approximate surface area is 223 Å². The van der Waals surface area contributed by atoms with Gasteiger partial charge in [0.1, 0.15) is 6.54 Å². The number of carboxylic acid groups (broad SMARTS) is 1. The molecule has 0 atom stereocenters. The summed E-state index contributed by atoms with van der Waals surface area (Å²) in [6, 6.07) is 19.5. The van der Waals surface area contributed by atoms with Crippen LogP contribution in [0.25, 0.3) is 17.0 Å². The summed E-state index contributed by atoms with van der Waals surface area (Å²) in [6.45, 7) is 1.04. The molecule has 2 heterocycles. The molecule has 0 aliphatic carbocycles. The van der Waals surface area contributed by atoms with Crippen molar-refractivity contribution in [2.24, 2.45) is 0 Å². The maximum Gasteiger partial charge on any atom is 0.303 e. The highest BCUT2D eigenvalue weighted by Gasteiger charge is 2.22. The third-order valence-corrected chi connectivity index (χ3v) is 7.71. The number of unbranched alkanes of at least 4 members (excludes halogenated alkanes) is 7. The van der Waals surface area contributed by atoms with Gasteiger partial charge in [-0.3, -0.25) is 4.79 Å². The summed E-state index contributed by atoms with van der Waals surface area (Å²) in [7, 11) is 2.14. The zero-order chi connectivity index (χ0) is 23.8. The standard InChI is InChI=1S/C29H34N2O2S.BrH/c1-30-26-16-11-12-17-27(26)34-28(30)22-23-19-21-31(25-15-10-9-14-24(23)25)20-13-7-5-3-2-4-6-8-18-29(32)33;/h9-12,14-17,19,21-22H,2-8,13,18,20H2,1H3;1H. The number of hydrogen-bond acceptors (Lipinski definition) is 3. The Morgan fingerprint density at radius 2 is 1.57 bits per heavy atom. The van der Waals surface area contributed by atoms with Gasteiger partial charge in [-0.25, -0.2) is 0 Å². The number of aromatic nitrogens is 1.